The average molecular weight is 402 g/mol. The van der Waals surface area contributed by atoms with Crippen LogP contribution in [0.2, 0.25) is 0 Å². The van der Waals surface area contributed by atoms with Crippen molar-refractivity contribution in [3.05, 3.63) is 32.2 Å². The van der Waals surface area contributed by atoms with Crippen LogP contribution in [0.1, 0.15) is 25.8 Å². The molecule has 0 saturated carbocycles. The zero-order valence-electron chi connectivity index (χ0n) is 11.1. The Hall–Kier alpha value is -1.32. The van der Waals surface area contributed by atoms with E-state index in [1.165, 1.54) is 6.08 Å². The van der Waals surface area contributed by atoms with Crippen LogP contribution in [0, 0.1) is 11.3 Å². The summed E-state index contributed by atoms with van der Waals surface area (Å²) in [4.78, 5) is 11.9. The van der Waals surface area contributed by atoms with Crippen LogP contribution < -0.4 is 5.32 Å². The summed E-state index contributed by atoms with van der Waals surface area (Å²) in [5.74, 6) is -0.463. The van der Waals surface area contributed by atoms with Crippen molar-refractivity contribution in [3.63, 3.8) is 0 Å². The smallest absolute Gasteiger partial charge is 0.262 e. The Morgan fingerprint density at radius 1 is 1.55 bits per heavy atom. The highest BCUT2D eigenvalue weighted by Crippen LogP contribution is 2.33. The van der Waals surface area contributed by atoms with E-state index in [9.17, 15) is 9.90 Å². The molecule has 1 rings (SSSR count). The normalized spacial score (nSPS) is 12.7. The molecule has 0 radical (unpaired) electrons. The Labute approximate surface area is 134 Å². The number of nitriles is 1. The van der Waals surface area contributed by atoms with Crippen LogP contribution in [0.3, 0.4) is 0 Å². The first-order chi connectivity index (χ1) is 9.38. The van der Waals surface area contributed by atoms with Crippen molar-refractivity contribution in [1.29, 1.82) is 5.26 Å². The molecule has 0 spiro atoms. The third kappa shape index (κ3) is 4.36. The van der Waals surface area contributed by atoms with Gasteiger partial charge in [-0.3, -0.25) is 4.79 Å². The number of amides is 1. The lowest BCUT2D eigenvalue weighted by atomic mass is 10.1. The van der Waals surface area contributed by atoms with Crippen LogP contribution in [-0.4, -0.2) is 17.1 Å². The molecule has 6 heteroatoms. The first-order valence-corrected chi connectivity index (χ1v) is 7.58. The standard InChI is InChI=1S/C14H14Br2N2O2/c1-3-8(2)18-14(20)10(7-17)4-9-5-11(15)6-12(16)13(9)19/h4-6,8,19H,3H2,1-2H3,(H,18,20)/b10-4+/t8-/m0/s1. The summed E-state index contributed by atoms with van der Waals surface area (Å²) in [6, 6.07) is 5.15. The maximum absolute atomic E-state index is 11.9. The summed E-state index contributed by atoms with van der Waals surface area (Å²) in [6.45, 7) is 3.80. The van der Waals surface area contributed by atoms with Gasteiger partial charge in [0.2, 0.25) is 0 Å². The number of carbonyl (C=O) groups is 1. The summed E-state index contributed by atoms with van der Waals surface area (Å²) in [7, 11) is 0. The lowest BCUT2D eigenvalue weighted by molar-refractivity contribution is -0.117. The molecular weight excluding hydrogens is 388 g/mol. The number of phenols is 1. The van der Waals surface area contributed by atoms with Gasteiger partial charge in [0.25, 0.3) is 5.91 Å². The lowest BCUT2D eigenvalue weighted by Crippen LogP contribution is -2.32. The predicted molar refractivity (Wildman–Crippen MR) is 85.0 cm³/mol. The second-order valence-electron chi connectivity index (χ2n) is 4.28. The van der Waals surface area contributed by atoms with Crippen molar-refractivity contribution in [1.82, 2.24) is 5.32 Å². The molecule has 0 fully saturated rings. The molecule has 1 amide bonds. The molecule has 0 aliphatic rings. The van der Waals surface area contributed by atoms with Gasteiger partial charge in [-0.15, -0.1) is 0 Å². The van der Waals surface area contributed by atoms with Gasteiger partial charge in [0.1, 0.15) is 17.4 Å². The van der Waals surface area contributed by atoms with Gasteiger partial charge in [0, 0.05) is 16.1 Å². The summed E-state index contributed by atoms with van der Waals surface area (Å²) in [6.07, 6.45) is 2.14. The van der Waals surface area contributed by atoms with Gasteiger partial charge < -0.3 is 10.4 Å². The van der Waals surface area contributed by atoms with E-state index >= 15 is 0 Å². The first-order valence-electron chi connectivity index (χ1n) is 5.99. The SMILES string of the molecule is CC[C@H](C)NC(=O)/C(C#N)=C/c1cc(Br)cc(Br)c1O. The third-order valence-electron chi connectivity index (χ3n) is 2.71. The van der Waals surface area contributed by atoms with Crippen molar-refractivity contribution in [2.24, 2.45) is 0 Å². The molecule has 1 aromatic carbocycles. The van der Waals surface area contributed by atoms with Crippen LogP contribution in [0.4, 0.5) is 0 Å². The number of phenolic OH excluding ortho intramolecular Hbond substituents is 1. The summed E-state index contributed by atoms with van der Waals surface area (Å²) >= 11 is 6.50. The van der Waals surface area contributed by atoms with E-state index in [0.717, 1.165) is 10.9 Å². The monoisotopic (exact) mass is 400 g/mol. The minimum atomic E-state index is -0.447. The Bertz CT molecular complexity index is 592. The number of halogens is 2. The number of carbonyl (C=O) groups excluding carboxylic acids is 1. The van der Waals surface area contributed by atoms with E-state index < -0.39 is 5.91 Å². The number of hydrogen-bond acceptors (Lipinski definition) is 3. The largest absolute Gasteiger partial charge is 0.506 e. The molecule has 0 aliphatic heterocycles. The van der Waals surface area contributed by atoms with Gasteiger partial charge in [0.15, 0.2) is 0 Å². The number of nitrogens with one attached hydrogen (secondary N) is 1. The van der Waals surface area contributed by atoms with Gasteiger partial charge in [-0.05, 0) is 47.5 Å². The third-order valence-corrected chi connectivity index (χ3v) is 3.77. The second-order valence-corrected chi connectivity index (χ2v) is 6.05. The zero-order chi connectivity index (χ0) is 15.3. The highest BCUT2D eigenvalue weighted by Gasteiger charge is 2.13. The molecule has 1 aromatic rings. The van der Waals surface area contributed by atoms with E-state index in [1.54, 1.807) is 12.1 Å². The molecule has 20 heavy (non-hydrogen) atoms. The molecule has 0 unspecified atom stereocenters. The quantitative estimate of drug-likeness (QED) is 0.596. The highest BCUT2D eigenvalue weighted by molar-refractivity contribution is 9.11. The Kier molecular flexibility index (Phi) is 6.24. The molecule has 0 aliphatic carbocycles. The van der Waals surface area contributed by atoms with E-state index in [2.05, 4.69) is 37.2 Å². The fourth-order valence-corrected chi connectivity index (χ4v) is 2.66. The maximum atomic E-state index is 11.9. The summed E-state index contributed by atoms with van der Waals surface area (Å²) in [5.41, 5.74) is 0.340. The maximum Gasteiger partial charge on any atom is 0.262 e. The van der Waals surface area contributed by atoms with Crippen LogP contribution in [0.15, 0.2) is 26.7 Å². The van der Waals surface area contributed by atoms with Crippen LogP contribution in [0.5, 0.6) is 5.75 Å². The summed E-state index contributed by atoms with van der Waals surface area (Å²) in [5, 5.41) is 21.7. The van der Waals surface area contributed by atoms with Crippen molar-refractivity contribution < 1.29 is 9.90 Å². The minimum absolute atomic E-state index is 0.0120. The minimum Gasteiger partial charge on any atom is -0.506 e. The molecule has 0 bridgehead atoms. The van der Waals surface area contributed by atoms with E-state index in [4.69, 9.17) is 5.26 Å². The number of rotatable bonds is 4. The van der Waals surface area contributed by atoms with Crippen molar-refractivity contribution in [2.45, 2.75) is 26.3 Å². The Morgan fingerprint density at radius 2 is 2.20 bits per heavy atom. The molecule has 2 N–H and O–H groups in total. The molecule has 0 aromatic heterocycles. The van der Waals surface area contributed by atoms with Gasteiger partial charge in [-0.1, -0.05) is 22.9 Å². The van der Waals surface area contributed by atoms with E-state index in [1.807, 2.05) is 19.9 Å². The summed E-state index contributed by atoms with van der Waals surface area (Å²) < 4.78 is 1.21. The van der Waals surface area contributed by atoms with E-state index in [0.29, 0.717) is 10.0 Å². The van der Waals surface area contributed by atoms with Gasteiger partial charge in [0.05, 0.1) is 4.47 Å². The number of benzene rings is 1. The lowest BCUT2D eigenvalue weighted by Gasteiger charge is -2.10. The van der Waals surface area contributed by atoms with Gasteiger partial charge >= 0.3 is 0 Å². The number of aromatic hydroxyl groups is 1. The fraction of sp³-hybridized carbons (Fsp3) is 0.286. The van der Waals surface area contributed by atoms with Crippen molar-refractivity contribution in [3.8, 4) is 11.8 Å². The molecular formula is C14H14Br2N2O2. The van der Waals surface area contributed by atoms with Crippen molar-refractivity contribution in [2.75, 3.05) is 0 Å². The highest BCUT2D eigenvalue weighted by atomic mass is 79.9. The molecule has 4 nitrogen and oxygen atoms in total. The van der Waals surface area contributed by atoms with Crippen LogP contribution >= 0.6 is 31.9 Å². The number of nitrogens with zero attached hydrogens (tertiary/aromatic N) is 1. The fourth-order valence-electron chi connectivity index (χ4n) is 1.40. The second kappa shape index (κ2) is 7.46. The van der Waals surface area contributed by atoms with Crippen LogP contribution in [-0.2, 0) is 4.79 Å². The van der Waals surface area contributed by atoms with E-state index in [-0.39, 0.29) is 17.4 Å². The molecule has 1 atom stereocenters. The number of hydrogen-bond donors (Lipinski definition) is 2. The average Bonchev–Trinajstić information content (AvgIpc) is 2.40. The zero-order valence-corrected chi connectivity index (χ0v) is 14.2. The Morgan fingerprint density at radius 3 is 2.75 bits per heavy atom. The first kappa shape index (κ1) is 16.7. The Balaban J connectivity index is 3.13. The topological polar surface area (TPSA) is 73.1 Å². The van der Waals surface area contributed by atoms with Crippen LogP contribution in [0.25, 0.3) is 6.08 Å². The predicted octanol–water partition coefficient (Wildman–Crippen LogP) is 3.74. The molecule has 106 valence electrons. The van der Waals surface area contributed by atoms with Crippen molar-refractivity contribution >= 4 is 43.8 Å². The van der Waals surface area contributed by atoms with Gasteiger partial charge in [-0.25, -0.2) is 0 Å². The molecule has 0 saturated heterocycles. The molecule has 0 heterocycles. The van der Waals surface area contributed by atoms with Gasteiger partial charge in [-0.2, -0.15) is 5.26 Å².